The van der Waals surface area contributed by atoms with Crippen LogP contribution in [0, 0.1) is 6.92 Å². The van der Waals surface area contributed by atoms with Crippen molar-refractivity contribution in [2.75, 3.05) is 13.5 Å². The lowest BCUT2D eigenvalue weighted by molar-refractivity contribution is 0.0876. The zero-order valence-electron chi connectivity index (χ0n) is 17.5. The molecule has 0 spiro atoms. The van der Waals surface area contributed by atoms with Gasteiger partial charge in [0.2, 0.25) is 12.6 Å². The van der Waals surface area contributed by atoms with Crippen LogP contribution in [-0.2, 0) is 13.1 Å². The maximum Gasteiger partial charge on any atom is 0.232 e. The largest absolute Gasteiger partial charge is 0.477 e. The Morgan fingerprint density at radius 1 is 1.06 bits per heavy atom. The van der Waals surface area contributed by atoms with E-state index in [1.165, 1.54) is 0 Å². The Labute approximate surface area is 184 Å². The van der Waals surface area contributed by atoms with Crippen LogP contribution in [0.4, 0.5) is 0 Å². The molecule has 7 heteroatoms. The van der Waals surface area contributed by atoms with E-state index in [0.29, 0.717) is 36.8 Å². The minimum atomic E-state index is -0.135. The Kier molecular flexibility index (Phi) is 4.36. The number of carbonyl (C=O) groups excluding carboxylic acids is 1. The molecule has 0 saturated heterocycles. The first-order valence-corrected chi connectivity index (χ1v) is 10.4. The number of benzene rings is 2. The third-order valence-corrected chi connectivity index (χ3v) is 5.81. The highest BCUT2D eigenvalue weighted by Crippen LogP contribution is 2.43. The monoisotopic (exact) mass is 428 g/mol. The van der Waals surface area contributed by atoms with Crippen molar-refractivity contribution >= 4 is 11.9 Å². The second-order valence-corrected chi connectivity index (χ2v) is 8.01. The number of ketones is 1. The van der Waals surface area contributed by atoms with Crippen LogP contribution >= 0.6 is 0 Å². The second-order valence-electron chi connectivity index (χ2n) is 8.01. The SMILES string of the molecule is Cc1c2c(cc3c1O/C(=C\c1ccccn1)C3=O)CN(Cc1ccc3c(c1)OCO3)CO2. The van der Waals surface area contributed by atoms with Gasteiger partial charge in [-0.2, -0.15) is 0 Å². The maximum atomic E-state index is 13.0. The van der Waals surface area contributed by atoms with Gasteiger partial charge in [-0.05, 0) is 42.8 Å². The summed E-state index contributed by atoms with van der Waals surface area (Å²) >= 11 is 0. The number of fused-ring (bicyclic) bond motifs is 3. The van der Waals surface area contributed by atoms with Crippen LogP contribution in [0.5, 0.6) is 23.0 Å². The molecular weight excluding hydrogens is 408 g/mol. The lowest BCUT2D eigenvalue weighted by atomic mass is 10.00. The van der Waals surface area contributed by atoms with Gasteiger partial charge < -0.3 is 18.9 Å². The van der Waals surface area contributed by atoms with Crippen molar-refractivity contribution in [3.05, 3.63) is 82.4 Å². The molecule has 1 aromatic heterocycles. The van der Waals surface area contributed by atoms with E-state index >= 15 is 0 Å². The minimum Gasteiger partial charge on any atom is -0.477 e. The molecule has 0 fully saturated rings. The summed E-state index contributed by atoms with van der Waals surface area (Å²) in [6.45, 7) is 4.01. The number of carbonyl (C=O) groups is 1. The van der Waals surface area contributed by atoms with Crippen molar-refractivity contribution in [2.24, 2.45) is 0 Å². The summed E-state index contributed by atoms with van der Waals surface area (Å²) in [7, 11) is 0. The predicted molar refractivity (Wildman–Crippen MR) is 116 cm³/mol. The third kappa shape index (κ3) is 3.18. The number of hydrogen-bond acceptors (Lipinski definition) is 7. The molecule has 0 N–H and O–H groups in total. The fourth-order valence-electron chi connectivity index (χ4n) is 4.29. The van der Waals surface area contributed by atoms with Crippen LogP contribution in [0.3, 0.4) is 0 Å². The molecule has 7 nitrogen and oxygen atoms in total. The molecular formula is C25H20N2O5. The highest BCUT2D eigenvalue weighted by Gasteiger charge is 2.33. The number of nitrogens with zero attached hydrogens (tertiary/aromatic N) is 2. The van der Waals surface area contributed by atoms with Crippen molar-refractivity contribution in [3.8, 4) is 23.0 Å². The highest BCUT2D eigenvalue weighted by atomic mass is 16.7. The van der Waals surface area contributed by atoms with E-state index in [-0.39, 0.29) is 18.3 Å². The van der Waals surface area contributed by atoms with Gasteiger partial charge in [-0.3, -0.25) is 14.7 Å². The number of ether oxygens (including phenoxy) is 4. The number of Topliss-reactive ketones (excluding diaryl/α,β-unsaturated/α-hetero) is 1. The molecule has 0 amide bonds. The number of pyridine rings is 1. The summed E-state index contributed by atoms with van der Waals surface area (Å²) in [5.41, 5.74) is 4.18. The van der Waals surface area contributed by atoms with Crippen LogP contribution in [-0.4, -0.2) is 29.2 Å². The Balaban J connectivity index is 1.26. The Bertz CT molecular complexity index is 1270. The molecule has 0 saturated carbocycles. The van der Waals surface area contributed by atoms with Gasteiger partial charge in [-0.15, -0.1) is 0 Å². The van der Waals surface area contributed by atoms with Crippen molar-refractivity contribution in [1.82, 2.24) is 9.88 Å². The average molecular weight is 428 g/mol. The molecule has 3 aromatic rings. The highest BCUT2D eigenvalue weighted by molar-refractivity contribution is 6.15. The molecule has 3 aliphatic rings. The van der Waals surface area contributed by atoms with Gasteiger partial charge in [0.25, 0.3) is 0 Å². The molecule has 4 heterocycles. The third-order valence-electron chi connectivity index (χ3n) is 5.81. The van der Waals surface area contributed by atoms with Crippen molar-refractivity contribution < 1.29 is 23.7 Å². The number of aromatic nitrogens is 1. The molecule has 32 heavy (non-hydrogen) atoms. The molecule has 6 rings (SSSR count). The van der Waals surface area contributed by atoms with Crippen LogP contribution in [0.1, 0.15) is 32.7 Å². The molecule has 0 unspecified atom stereocenters. The van der Waals surface area contributed by atoms with E-state index < -0.39 is 0 Å². The number of rotatable bonds is 3. The Hall–Kier alpha value is -3.84. The van der Waals surface area contributed by atoms with Crippen LogP contribution in [0.15, 0.2) is 54.4 Å². The first-order valence-electron chi connectivity index (χ1n) is 10.4. The Morgan fingerprint density at radius 2 is 1.97 bits per heavy atom. The van der Waals surface area contributed by atoms with Gasteiger partial charge in [0.05, 0.1) is 11.3 Å². The Morgan fingerprint density at radius 3 is 2.84 bits per heavy atom. The average Bonchev–Trinajstić information content (AvgIpc) is 3.39. The van der Waals surface area contributed by atoms with Crippen molar-refractivity contribution in [2.45, 2.75) is 20.0 Å². The normalized spacial score (nSPS) is 17.7. The molecule has 0 atom stereocenters. The standard InChI is InChI=1S/C25H20N2O5/c1-15-24-17(9-19-23(28)22(32-25(15)19)10-18-4-2-3-7-26-18)12-27(13-29-24)11-16-5-6-20-21(8-16)31-14-30-20/h2-10H,11-14H2,1H3/b22-10-. The fraction of sp³-hybridized carbons (Fsp3) is 0.200. The first kappa shape index (κ1) is 18.9. The molecule has 0 bridgehead atoms. The number of allylic oxidation sites excluding steroid dienone is 1. The summed E-state index contributed by atoms with van der Waals surface area (Å²) in [4.78, 5) is 19.5. The van der Waals surface area contributed by atoms with Gasteiger partial charge in [0.15, 0.2) is 17.3 Å². The zero-order valence-corrected chi connectivity index (χ0v) is 17.5. The minimum absolute atomic E-state index is 0.135. The van der Waals surface area contributed by atoms with Gasteiger partial charge in [0, 0.05) is 36.5 Å². The van der Waals surface area contributed by atoms with E-state index in [4.69, 9.17) is 18.9 Å². The van der Waals surface area contributed by atoms with E-state index in [1.54, 1.807) is 12.3 Å². The van der Waals surface area contributed by atoms with E-state index in [1.807, 2.05) is 49.4 Å². The summed E-state index contributed by atoms with van der Waals surface area (Å²) in [6, 6.07) is 13.4. The van der Waals surface area contributed by atoms with E-state index in [2.05, 4.69) is 9.88 Å². The van der Waals surface area contributed by atoms with Gasteiger partial charge in [0.1, 0.15) is 18.2 Å². The quantitative estimate of drug-likeness (QED) is 0.582. The molecule has 3 aliphatic heterocycles. The van der Waals surface area contributed by atoms with Crippen LogP contribution in [0.25, 0.3) is 6.08 Å². The summed E-state index contributed by atoms with van der Waals surface area (Å²) < 4.78 is 22.9. The molecule has 160 valence electrons. The van der Waals surface area contributed by atoms with Gasteiger partial charge in [-0.1, -0.05) is 12.1 Å². The summed E-state index contributed by atoms with van der Waals surface area (Å²) in [5.74, 6) is 3.04. The van der Waals surface area contributed by atoms with E-state index in [9.17, 15) is 4.79 Å². The number of hydrogen-bond donors (Lipinski definition) is 0. The predicted octanol–water partition coefficient (Wildman–Crippen LogP) is 4.09. The fourth-order valence-corrected chi connectivity index (χ4v) is 4.29. The maximum absolute atomic E-state index is 13.0. The smallest absolute Gasteiger partial charge is 0.232 e. The lowest BCUT2D eigenvalue weighted by Gasteiger charge is -2.30. The second kappa shape index (κ2) is 7.39. The van der Waals surface area contributed by atoms with Gasteiger partial charge in [-0.25, -0.2) is 0 Å². The summed E-state index contributed by atoms with van der Waals surface area (Å²) in [5, 5.41) is 0. The van der Waals surface area contributed by atoms with Gasteiger partial charge >= 0.3 is 0 Å². The molecule has 2 aromatic carbocycles. The molecule has 0 radical (unpaired) electrons. The first-order chi connectivity index (χ1) is 15.7. The van der Waals surface area contributed by atoms with Crippen LogP contribution < -0.4 is 18.9 Å². The molecule has 0 aliphatic carbocycles. The lowest BCUT2D eigenvalue weighted by Crippen LogP contribution is -2.32. The zero-order chi connectivity index (χ0) is 21.7. The van der Waals surface area contributed by atoms with Crippen molar-refractivity contribution in [3.63, 3.8) is 0 Å². The van der Waals surface area contributed by atoms with Crippen LogP contribution in [0.2, 0.25) is 0 Å². The van der Waals surface area contributed by atoms with E-state index in [0.717, 1.165) is 33.9 Å². The topological polar surface area (TPSA) is 70.1 Å². The van der Waals surface area contributed by atoms with Crippen molar-refractivity contribution in [1.29, 1.82) is 0 Å². The summed E-state index contributed by atoms with van der Waals surface area (Å²) in [6.07, 6.45) is 3.36.